The van der Waals surface area contributed by atoms with E-state index in [1.807, 2.05) is 42.5 Å². The molecular weight excluding hydrogens is 599 g/mol. The summed E-state index contributed by atoms with van der Waals surface area (Å²) < 4.78 is 16.9. The van der Waals surface area contributed by atoms with Gasteiger partial charge in [0.05, 0.1) is 27.5 Å². The number of esters is 1. The van der Waals surface area contributed by atoms with Crippen LogP contribution in [-0.4, -0.2) is 29.8 Å². The van der Waals surface area contributed by atoms with Gasteiger partial charge in [0.15, 0.2) is 17.6 Å². The zero-order chi connectivity index (χ0) is 31.2. The van der Waals surface area contributed by atoms with Crippen molar-refractivity contribution in [3.63, 3.8) is 0 Å². The van der Waals surface area contributed by atoms with Crippen LogP contribution >= 0.6 is 23.2 Å². The molecule has 0 saturated carbocycles. The van der Waals surface area contributed by atoms with Crippen molar-refractivity contribution >= 4 is 63.3 Å². The Morgan fingerprint density at radius 3 is 2.57 bits per heavy atom. The number of allylic oxidation sites excluding steroid dienone is 1. The molecule has 0 radical (unpaired) electrons. The molecule has 0 spiro atoms. The first kappa shape index (κ1) is 30.0. The summed E-state index contributed by atoms with van der Waals surface area (Å²) in [6.45, 7) is 8.37. The van der Waals surface area contributed by atoms with Gasteiger partial charge in [-0.15, -0.1) is 0 Å². The highest BCUT2D eigenvalue weighted by Crippen LogP contribution is 2.45. The Bertz CT molecular complexity index is 1830. The van der Waals surface area contributed by atoms with Crippen molar-refractivity contribution in [1.82, 2.24) is 4.98 Å². The highest BCUT2D eigenvalue weighted by Gasteiger charge is 2.36. The van der Waals surface area contributed by atoms with E-state index in [4.69, 9.17) is 42.4 Å². The molecular formula is C35H32Cl2N2O5. The fraction of sp³-hybridized carbons (Fsp3) is 0.286. The van der Waals surface area contributed by atoms with E-state index in [9.17, 15) is 9.59 Å². The highest BCUT2D eigenvalue weighted by atomic mass is 35.5. The molecule has 2 aliphatic rings. The summed E-state index contributed by atoms with van der Waals surface area (Å²) in [6, 6.07) is 18.1. The molecule has 1 aromatic heterocycles. The SMILES string of the molecule is CC(OC(=O)c1c2c(nc3ccccc13)/C(=C\c1ccc3c(c1)OCO3)CC(C(C)(C)C)C2)C(=O)Nc1ccc(Cl)cc1Cl. The third-order valence-corrected chi connectivity index (χ3v) is 8.77. The molecule has 1 aliphatic carbocycles. The van der Waals surface area contributed by atoms with Crippen LogP contribution in [0.5, 0.6) is 11.5 Å². The molecule has 1 N–H and O–H groups in total. The Balaban J connectivity index is 1.40. The Hall–Kier alpha value is -4.07. The summed E-state index contributed by atoms with van der Waals surface area (Å²) in [7, 11) is 0. The smallest absolute Gasteiger partial charge is 0.339 e. The predicted octanol–water partition coefficient (Wildman–Crippen LogP) is 8.60. The van der Waals surface area contributed by atoms with Crippen LogP contribution in [-0.2, 0) is 16.0 Å². The molecule has 1 aliphatic heterocycles. The van der Waals surface area contributed by atoms with Crippen LogP contribution in [0.2, 0.25) is 10.0 Å². The van der Waals surface area contributed by atoms with Crippen molar-refractivity contribution in [3.8, 4) is 11.5 Å². The quantitative estimate of drug-likeness (QED) is 0.222. The lowest BCUT2D eigenvalue weighted by Gasteiger charge is -2.36. The van der Waals surface area contributed by atoms with E-state index in [0.29, 0.717) is 39.3 Å². The van der Waals surface area contributed by atoms with Gasteiger partial charge in [-0.2, -0.15) is 0 Å². The van der Waals surface area contributed by atoms with E-state index in [-0.39, 0.29) is 23.1 Å². The highest BCUT2D eigenvalue weighted by molar-refractivity contribution is 6.36. The maximum absolute atomic E-state index is 14.0. The number of carbonyl (C=O) groups excluding carboxylic acids is 2. The van der Waals surface area contributed by atoms with Crippen LogP contribution in [0.15, 0.2) is 60.7 Å². The molecule has 6 rings (SSSR count). The molecule has 9 heteroatoms. The van der Waals surface area contributed by atoms with Gasteiger partial charge in [0, 0.05) is 10.4 Å². The van der Waals surface area contributed by atoms with Crippen molar-refractivity contribution in [3.05, 3.63) is 93.1 Å². The van der Waals surface area contributed by atoms with Crippen molar-refractivity contribution < 1.29 is 23.8 Å². The first-order valence-corrected chi connectivity index (χ1v) is 15.2. The Kier molecular flexibility index (Phi) is 8.03. The Labute approximate surface area is 266 Å². The summed E-state index contributed by atoms with van der Waals surface area (Å²) in [5.41, 5.74) is 4.99. The topological polar surface area (TPSA) is 86.8 Å². The van der Waals surface area contributed by atoms with Crippen molar-refractivity contribution in [2.24, 2.45) is 11.3 Å². The van der Waals surface area contributed by atoms with Crippen LogP contribution in [0.25, 0.3) is 22.6 Å². The summed E-state index contributed by atoms with van der Waals surface area (Å²) in [4.78, 5) is 32.2. The first-order valence-electron chi connectivity index (χ1n) is 14.5. The molecule has 0 bridgehead atoms. The monoisotopic (exact) mass is 630 g/mol. The molecule has 44 heavy (non-hydrogen) atoms. The number of hydrogen-bond donors (Lipinski definition) is 1. The minimum atomic E-state index is -1.09. The van der Waals surface area contributed by atoms with Crippen LogP contribution in [0, 0.1) is 11.3 Å². The van der Waals surface area contributed by atoms with E-state index >= 15 is 0 Å². The zero-order valence-electron chi connectivity index (χ0n) is 24.9. The van der Waals surface area contributed by atoms with Crippen LogP contribution < -0.4 is 14.8 Å². The fourth-order valence-corrected chi connectivity index (χ4v) is 6.13. The van der Waals surface area contributed by atoms with Crippen LogP contribution in [0.3, 0.4) is 0 Å². The van der Waals surface area contributed by atoms with Gasteiger partial charge in [-0.1, -0.05) is 68.2 Å². The summed E-state index contributed by atoms with van der Waals surface area (Å²) >= 11 is 12.2. The van der Waals surface area contributed by atoms with Crippen LogP contribution in [0.1, 0.15) is 61.3 Å². The number of aromatic nitrogens is 1. The minimum Gasteiger partial charge on any atom is -0.454 e. The average molecular weight is 632 g/mol. The van der Waals surface area contributed by atoms with E-state index < -0.39 is 18.0 Å². The molecule has 2 unspecified atom stereocenters. The normalized spacial score (nSPS) is 17.3. The lowest BCUT2D eigenvalue weighted by molar-refractivity contribution is -0.123. The molecule has 4 aromatic rings. The number of halogens is 2. The molecule has 1 amide bonds. The standard InChI is InChI=1S/C35H32Cl2N2O5/c1-19(33(40)39-28-11-10-23(36)17-26(28)37)44-34(41)31-24-7-5-6-8-27(24)38-32-21(15-22(16-25(31)32)35(2,3)4)13-20-9-12-29-30(14-20)43-18-42-29/h5-14,17,19,22H,15-16,18H2,1-4H3,(H,39,40)/b21-13-. The van der Waals surface area contributed by atoms with E-state index in [0.717, 1.165) is 34.6 Å². The van der Waals surface area contributed by atoms with E-state index in [1.54, 1.807) is 12.1 Å². The molecule has 0 fully saturated rings. The molecule has 2 heterocycles. The summed E-state index contributed by atoms with van der Waals surface area (Å²) in [5.74, 6) is 0.546. The number of anilines is 1. The summed E-state index contributed by atoms with van der Waals surface area (Å²) in [5, 5.41) is 4.14. The number of benzene rings is 3. The van der Waals surface area contributed by atoms with Gasteiger partial charge in [-0.3, -0.25) is 4.79 Å². The average Bonchev–Trinajstić information content (AvgIpc) is 3.45. The molecule has 2 atom stereocenters. The van der Waals surface area contributed by atoms with Crippen molar-refractivity contribution in [2.45, 2.75) is 46.6 Å². The van der Waals surface area contributed by atoms with Crippen molar-refractivity contribution in [2.75, 3.05) is 12.1 Å². The number of hydrogen-bond acceptors (Lipinski definition) is 6. The van der Waals surface area contributed by atoms with Gasteiger partial charge in [0.2, 0.25) is 6.79 Å². The van der Waals surface area contributed by atoms with Crippen LogP contribution in [0.4, 0.5) is 5.69 Å². The lowest BCUT2D eigenvalue weighted by atomic mass is 9.69. The Morgan fingerprint density at radius 2 is 1.80 bits per heavy atom. The third-order valence-electron chi connectivity index (χ3n) is 8.22. The van der Waals surface area contributed by atoms with E-state index in [1.165, 1.54) is 13.0 Å². The van der Waals surface area contributed by atoms with Gasteiger partial charge < -0.3 is 19.5 Å². The van der Waals surface area contributed by atoms with Gasteiger partial charge in [0.25, 0.3) is 5.91 Å². The molecule has 3 aromatic carbocycles. The number of rotatable bonds is 5. The minimum absolute atomic E-state index is 0.0521. The second kappa shape index (κ2) is 11.8. The molecule has 0 saturated heterocycles. The molecule has 226 valence electrons. The van der Waals surface area contributed by atoms with Gasteiger partial charge in [-0.05, 0) is 90.3 Å². The van der Waals surface area contributed by atoms with Gasteiger partial charge in [-0.25, -0.2) is 9.78 Å². The second-order valence-corrected chi connectivity index (χ2v) is 13.1. The van der Waals surface area contributed by atoms with E-state index in [2.05, 4.69) is 32.2 Å². The number of ether oxygens (including phenoxy) is 3. The lowest BCUT2D eigenvalue weighted by Crippen LogP contribution is -2.32. The predicted molar refractivity (Wildman–Crippen MR) is 173 cm³/mol. The number of nitrogens with one attached hydrogen (secondary N) is 1. The number of fused-ring (bicyclic) bond motifs is 3. The Morgan fingerprint density at radius 1 is 1.02 bits per heavy atom. The number of nitrogens with zero attached hydrogens (tertiary/aromatic N) is 1. The van der Waals surface area contributed by atoms with Crippen molar-refractivity contribution in [1.29, 1.82) is 0 Å². The van der Waals surface area contributed by atoms with Gasteiger partial charge >= 0.3 is 5.97 Å². The fourth-order valence-electron chi connectivity index (χ4n) is 5.67. The molecule has 7 nitrogen and oxygen atoms in total. The number of para-hydroxylation sites is 1. The maximum atomic E-state index is 14.0. The zero-order valence-corrected chi connectivity index (χ0v) is 26.4. The first-order chi connectivity index (χ1) is 21.0. The summed E-state index contributed by atoms with van der Waals surface area (Å²) in [6.07, 6.45) is 2.44. The van der Waals surface area contributed by atoms with Gasteiger partial charge in [0.1, 0.15) is 0 Å². The number of amides is 1. The maximum Gasteiger partial charge on any atom is 0.339 e. The second-order valence-electron chi connectivity index (χ2n) is 12.2. The number of carbonyl (C=O) groups is 2. The number of pyridine rings is 1. The largest absolute Gasteiger partial charge is 0.454 e. The third kappa shape index (κ3) is 5.99.